The molecule has 19 heavy (non-hydrogen) atoms. The first-order valence-corrected chi connectivity index (χ1v) is 8.56. The number of para-hydroxylation sites is 2. The van der Waals surface area contributed by atoms with Crippen LogP contribution in [0.25, 0.3) is 6.08 Å². The smallest absolute Gasteiger partial charge is 0.161 e. The molecule has 0 saturated carbocycles. The van der Waals surface area contributed by atoms with Gasteiger partial charge in [0.2, 0.25) is 0 Å². The van der Waals surface area contributed by atoms with Crippen molar-refractivity contribution in [2.45, 2.75) is 0 Å². The molecule has 0 aromatic heterocycles. The van der Waals surface area contributed by atoms with Crippen molar-refractivity contribution in [2.75, 3.05) is 13.2 Å². The van der Waals surface area contributed by atoms with Crippen molar-refractivity contribution in [2.24, 2.45) is 0 Å². The summed E-state index contributed by atoms with van der Waals surface area (Å²) in [4.78, 5) is 2.32. The number of ether oxygens (including phenoxy) is 2. The van der Waals surface area contributed by atoms with Gasteiger partial charge in [-0.15, -0.1) is 0 Å². The van der Waals surface area contributed by atoms with Gasteiger partial charge in [-0.1, -0.05) is 12.1 Å². The van der Waals surface area contributed by atoms with Crippen molar-refractivity contribution in [3.05, 3.63) is 59.0 Å². The maximum atomic E-state index is 5.30. The van der Waals surface area contributed by atoms with Gasteiger partial charge in [0.05, 0.1) is 0 Å². The van der Waals surface area contributed by atoms with E-state index in [0.717, 1.165) is 11.5 Å². The van der Waals surface area contributed by atoms with Crippen LogP contribution in [0.1, 0.15) is 5.56 Å². The minimum atomic E-state index is 0.122. The monoisotopic (exact) mass is 314 g/mol. The molecule has 2 aliphatic heterocycles. The molecule has 0 amide bonds. The summed E-state index contributed by atoms with van der Waals surface area (Å²) in [6.07, 6.45) is 2.23. The van der Waals surface area contributed by atoms with E-state index in [4.69, 9.17) is 9.47 Å². The van der Waals surface area contributed by atoms with Gasteiger partial charge in [0.25, 0.3) is 0 Å². The first kappa shape index (κ1) is 12.4. The van der Waals surface area contributed by atoms with E-state index in [9.17, 15) is 0 Å². The zero-order chi connectivity index (χ0) is 12.9. The summed E-state index contributed by atoms with van der Waals surface area (Å²) >= 11 is 0.122. The molecule has 2 aromatic carbocycles. The fourth-order valence-electron chi connectivity index (χ4n) is 1.99. The van der Waals surface area contributed by atoms with Crippen LogP contribution in [0, 0.1) is 0 Å². The van der Waals surface area contributed by atoms with Crippen molar-refractivity contribution in [3.63, 3.8) is 0 Å². The van der Waals surface area contributed by atoms with Crippen LogP contribution < -0.4 is 13.8 Å². The van der Waals surface area contributed by atoms with Crippen LogP contribution in [-0.4, -0.2) is 29.0 Å². The van der Waals surface area contributed by atoms with Gasteiger partial charge in [0.15, 0.2) is 11.5 Å². The second kappa shape index (κ2) is 5.99. The van der Waals surface area contributed by atoms with Gasteiger partial charge in [-0.3, -0.25) is 0 Å². The second-order valence-corrected chi connectivity index (χ2v) is 6.64. The Kier molecular flexibility index (Phi) is 3.90. The predicted molar refractivity (Wildman–Crippen MR) is 79.7 cm³/mol. The number of hydrogen-bond acceptors (Lipinski definition) is 2. The minimum absolute atomic E-state index is 0.122. The fourth-order valence-corrected chi connectivity index (χ4v) is 4.02. The van der Waals surface area contributed by atoms with E-state index in [1.807, 2.05) is 24.3 Å². The van der Waals surface area contributed by atoms with E-state index in [0.29, 0.717) is 13.2 Å². The van der Waals surface area contributed by atoms with Crippen LogP contribution in [0.5, 0.6) is 11.5 Å². The molecule has 4 rings (SSSR count). The molecule has 0 saturated heterocycles. The number of benzene rings is 2. The van der Waals surface area contributed by atoms with Crippen LogP contribution in [0.4, 0.5) is 0 Å². The van der Waals surface area contributed by atoms with Crippen LogP contribution in [-0.2, 0) is 0 Å². The van der Waals surface area contributed by atoms with Gasteiger partial charge >= 0.3 is 60.9 Å². The van der Waals surface area contributed by atoms with E-state index >= 15 is 0 Å². The number of hydrogen-bond donors (Lipinski definition) is 0. The molecule has 0 N–H and O–H groups in total. The Labute approximate surface area is 119 Å². The zero-order valence-corrected chi connectivity index (χ0v) is 12.6. The number of rotatable bonds is 0. The van der Waals surface area contributed by atoms with Crippen LogP contribution in [0.15, 0.2) is 53.4 Å². The third-order valence-electron chi connectivity index (χ3n) is 2.91. The summed E-state index contributed by atoms with van der Waals surface area (Å²) in [5, 5.41) is 0. The van der Waals surface area contributed by atoms with Crippen LogP contribution >= 0.6 is 0 Å². The Morgan fingerprint density at radius 2 is 1.42 bits per heavy atom. The van der Waals surface area contributed by atoms with Crippen molar-refractivity contribution in [3.8, 4) is 11.5 Å². The van der Waals surface area contributed by atoms with E-state index < -0.39 is 0 Å². The second-order valence-electron chi connectivity index (χ2n) is 4.21. The Balaban J connectivity index is 0.000000117. The summed E-state index contributed by atoms with van der Waals surface area (Å²) in [5.74, 6) is 1.71. The van der Waals surface area contributed by atoms with Crippen molar-refractivity contribution in [1.82, 2.24) is 0 Å². The molecular weight excluding hydrogens is 299 g/mol. The average molecular weight is 314 g/mol. The van der Waals surface area contributed by atoms with Gasteiger partial charge in [-0.25, -0.2) is 0 Å². The topological polar surface area (TPSA) is 18.5 Å². The molecule has 2 aliphatic rings. The SMILES string of the molecule is C1=Cc2ccccc2[AsH]1.c1ccc2c(c1)OCCO2. The number of fused-ring (bicyclic) bond motifs is 2. The molecule has 0 bridgehead atoms. The van der Waals surface area contributed by atoms with Gasteiger partial charge < -0.3 is 9.47 Å². The predicted octanol–water partition coefficient (Wildman–Crippen LogP) is 2.19. The van der Waals surface area contributed by atoms with E-state index in [-0.39, 0.29) is 15.8 Å². The normalized spacial score (nSPS) is 15.6. The molecule has 0 aliphatic carbocycles. The molecular formula is C16H15AsO2. The molecule has 0 radical (unpaired) electrons. The Hall–Kier alpha value is -1.66. The van der Waals surface area contributed by atoms with E-state index in [1.165, 1.54) is 5.56 Å². The van der Waals surface area contributed by atoms with Gasteiger partial charge in [-0.05, 0) is 12.1 Å². The Morgan fingerprint density at radius 1 is 0.789 bits per heavy atom. The van der Waals surface area contributed by atoms with Gasteiger partial charge in [0.1, 0.15) is 13.2 Å². The molecule has 1 unspecified atom stereocenters. The molecule has 2 heterocycles. The van der Waals surface area contributed by atoms with Crippen molar-refractivity contribution < 1.29 is 9.47 Å². The molecule has 1 atom stereocenters. The molecule has 2 aromatic rings. The maximum absolute atomic E-state index is 5.30. The molecule has 3 heteroatoms. The summed E-state index contributed by atoms with van der Waals surface area (Å²) in [7, 11) is 0. The molecule has 2 nitrogen and oxygen atoms in total. The summed E-state index contributed by atoms with van der Waals surface area (Å²) in [6.45, 7) is 1.33. The van der Waals surface area contributed by atoms with Crippen LogP contribution in [0.2, 0.25) is 0 Å². The van der Waals surface area contributed by atoms with Gasteiger partial charge in [0, 0.05) is 0 Å². The molecule has 0 spiro atoms. The minimum Gasteiger partial charge on any atom is -0.486 e. The van der Waals surface area contributed by atoms with Crippen molar-refractivity contribution in [1.29, 1.82) is 0 Å². The standard InChI is InChI=1S/C8H7As.C8H8O2/c1-2-4-8-7(3-1)5-6-9-8;1-2-4-8-7(3-1)9-5-6-10-8/h1-6,9H;1-4H,5-6H2. The zero-order valence-electron chi connectivity index (χ0n) is 10.5. The van der Waals surface area contributed by atoms with E-state index in [1.54, 1.807) is 4.35 Å². The Morgan fingerprint density at radius 3 is 2.11 bits per heavy atom. The summed E-state index contributed by atoms with van der Waals surface area (Å²) in [6, 6.07) is 16.3. The molecule has 96 valence electrons. The van der Waals surface area contributed by atoms with Crippen molar-refractivity contribution >= 4 is 26.2 Å². The first-order chi connectivity index (χ1) is 9.43. The van der Waals surface area contributed by atoms with E-state index in [2.05, 4.69) is 35.2 Å². The van der Waals surface area contributed by atoms with Gasteiger partial charge in [-0.2, -0.15) is 0 Å². The Bertz CT molecular complexity index is 568. The average Bonchev–Trinajstić information content (AvgIpc) is 2.96. The summed E-state index contributed by atoms with van der Waals surface area (Å²) in [5.41, 5.74) is 1.44. The first-order valence-electron chi connectivity index (χ1n) is 6.30. The fraction of sp³-hybridized carbons (Fsp3) is 0.125. The third kappa shape index (κ3) is 3.02. The molecule has 0 fully saturated rings. The van der Waals surface area contributed by atoms with Crippen LogP contribution in [0.3, 0.4) is 0 Å². The maximum Gasteiger partial charge on any atom is 0.161 e. The summed E-state index contributed by atoms with van der Waals surface area (Å²) < 4.78 is 12.2. The largest absolute Gasteiger partial charge is 0.486 e. The third-order valence-corrected chi connectivity index (χ3v) is 5.22. The quantitative estimate of drug-likeness (QED) is 0.694.